The summed E-state index contributed by atoms with van der Waals surface area (Å²) in [5.74, 6) is 0. The van der Waals surface area contributed by atoms with Gasteiger partial charge in [-0.05, 0) is 9.95 Å². The number of H-pyrrole nitrogens is 1. The van der Waals surface area contributed by atoms with E-state index in [4.69, 9.17) is 11.6 Å². The quantitative estimate of drug-likeness (QED) is 0.691. The Hall–Kier alpha value is -1.55. The van der Waals surface area contributed by atoms with Gasteiger partial charge in [-0.25, -0.2) is 4.79 Å². The van der Waals surface area contributed by atoms with Gasteiger partial charge in [0, 0.05) is 23.7 Å². The van der Waals surface area contributed by atoms with Crippen LogP contribution in [0.4, 0.5) is 0 Å². The maximum Gasteiger partial charge on any atom is 0.447 e. The third-order valence-electron chi connectivity index (χ3n) is 1.61. The SMILES string of the molecule is O=c1o[nH][n+](-c2ccccc2)c1Cl. The number of aromatic amines is 1. The van der Waals surface area contributed by atoms with Crippen molar-refractivity contribution in [1.82, 2.24) is 5.27 Å². The molecule has 0 bridgehead atoms. The minimum absolute atomic E-state index is 0.00574. The van der Waals surface area contributed by atoms with Crippen LogP contribution < -0.4 is 10.3 Å². The molecule has 2 aromatic rings. The standard InChI is InChI=1S/C8H5ClN2O2/c9-7-8(12)13-10-11(7)6-4-2-1-3-5-6/h1-5H/p+1. The lowest BCUT2D eigenvalue weighted by atomic mass is 10.3. The Balaban J connectivity index is 2.60. The molecule has 0 aliphatic heterocycles. The second-order valence-corrected chi connectivity index (χ2v) is 2.80. The topological polar surface area (TPSA) is 49.9 Å². The maximum absolute atomic E-state index is 10.9. The van der Waals surface area contributed by atoms with Gasteiger partial charge in [-0.3, -0.25) is 4.52 Å². The van der Waals surface area contributed by atoms with E-state index in [0.717, 1.165) is 5.69 Å². The van der Waals surface area contributed by atoms with Crippen molar-refractivity contribution in [3.63, 3.8) is 0 Å². The Bertz CT molecular complexity index is 460. The first-order valence-corrected chi connectivity index (χ1v) is 4.01. The second-order valence-electron chi connectivity index (χ2n) is 2.44. The molecule has 0 spiro atoms. The van der Waals surface area contributed by atoms with Crippen molar-refractivity contribution >= 4 is 11.6 Å². The van der Waals surface area contributed by atoms with Gasteiger partial charge in [-0.15, -0.1) is 0 Å². The summed E-state index contributed by atoms with van der Waals surface area (Å²) in [4.78, 5) is 10.9. The first-order chi connectivity index (χ1) is 6.29. The highest BCUT2D eigenvalue weighted by molar-refractivity contribution is 6.28. The highest BCUT2D eigenvalue weighted by Gasteiger charge is 2.19. The van der Waals surface area contributed by atoms with Crippen LogP contribution in [0.15, 0.2) is 39.6 Å². The van der Waals surface area contributed by atoms with Gasteiger partial charge in [0.25, 0.3) is 0 Å². The molecule has 1 heterocycles. The summed E-state index contributed by atoms with van der Waals surface area (Å²) in [5, 5.41) is 2.39. The molecule has 1 aromatic heterocycles. The van der Waals surface area contributed by atoms with Crippen molar-refractivity contribution in [3.8, 4) is 5.69 Å². The molecule has 66 valence electrons. The van der Waals surface area contributed by atoms with Gasteiger partial charge < -0.3 is 0 Å². The number of halogens is 1. The number of nitrogens with one attached hydrogen (secondary N) is 1. The van der Waals surface area contributed by atoms with Crippen molar-refractivity contribution in [3.05, 3.63) is 45.9 Å². The second kappa shape index (κ2) is 3.06. The smallest absolute Gasteiger partial charge is 0.281 e. The molecule has 0 unspecified atom stereocenters. The van der Waals surface area contributed by atoms with Crippen molar-refractivity contribution in [2.24, 2.45) is 0 Å². The van der Waals surface area contributed by atoms with Gasteiger partial charge in [0.2, 0.25) is 5.69 Å². The van der Waals surface area contributed by atoms with E-state index in [1.165, 1.54) is 4.68 Å². The number of rotatable bonds is 1. The van der Waals surface area contributed by atoms with E-state index < -0.39 is 5.63 Å². The zero-order chi connectivity index (χ0) is 9.26. The van der Waals surface area contributed by atoms with Crippen LogP contribution >= 0.6 is 11.6 Å². The summed E-state index contributed by atoms with van der Waals surface area (Å²) >= 11 is 5.67. The van der Waals surface area contributed by atoms with Crippen LogP contribution in [-0.4, -0.2) is 5.27 Å². The fourth-order valence-electron chi connectivity index (χ4n) is 1.00. The molecule has 5 heteroatoms. The lowest BCUT2D eigenvalue weighted by Gasteiger charge is -1.86. The number of para-hydroxylation sites is 1. The van der Waals surface area contributed by atoms with Crippen LogP contribution in [0.25, 0.3) is 5.69 Å². The molecule has 0 amide bonds. The Morgan fingerprint density at radius 1 is 1.31 bits per heavy atom. The molecule has 1 aromatic carbocycles. The van der Waals surface area contributed by atoms with E-state index in [1.54, 1.807) is 12.1 Å². The van der Waals surface area contributed by atoms with E-state index in [1.807, 2.05) is 18.2 Å². The summed E-state index contributed by atoms with van der Waals surface area (Å²) in [7, 11) is 0. The predicted molar refractivity (Wildman–Crippen MR) is 45.9 cm³/mol. The maximum atomic E-state index is 10.9. The van der Waals surface area contributed by atoms with Crippen LogP contribution in [0.2, 0.25) is 5.15 Å². The largest absolute Gasteiger partial charge is 0.447 e. The minimum Gasteiger partial charge on any atom is -0.281 e. The fraction of sp³-hybridized carbons (Fsp3) is 0. The Labute approximate surface area is 78.3 Å². The Morgan fingerprint density at radius 3 is 2.54 bits per heavy atom. The van der Waals surface area contributed by atoms with Gasteiger partial charge in [0.15, 0.2) is 0 Å². The molecule has 0 atom stereocenters. The molecule has 0 saturated carbocycles. The number of hydrogen-bond acceptors (Lipinski definition) is 2. The molecule has 0 aliphatic rings. The molecular formula is C8H6ClN2O2+. The normalized spacial score (nSPS) is 10.2. The van der Waals surface area contributed by atoms with Crippen LogP contribution in [0.3, 0.4) is 0 Å². The molecule has 0 aliphatic carbocycles. The summed E-state index contributed by atoms with van der Waals surface area (Å²) in [5.41, 5.74) is 0.170. The molecule has 2 rings (SSSR count). The average Bonchev–Trinajstić information content (AvgIpc) is 2.49. The fourth-order valence-corrected chi connectivity index (χ4v) is 1.17. The Kier molecular flexibility index (Phi) is 1.90. The minimum atomic E-state index is -0.578. The first kappa shape index (κ1) is 8.07. The summed E-state index contributed by atoms with van der Waals surface area (Å²) in [6.45, 7) is 0. The highest BCUT2D eigenvalue weighted by atomic mass is 35.5. The third kappa shape index (κ3) is 1.36. The highest BCUT2D eigenvalue weighted by Crippen LogP contribution is 2.00. The van der Waals surface area contributed by atoms with Gasteiger partial charge >= 0.3 is 10.8 Å². The molecule has 13 heavy (non-hydrogen) atoms. The summed E-state index contributed by atoms with van der Waals surface area (Å²) < 4.78 is 5.87. The van der Waals surface area contributed by atoms with Gasteiger partial charge in [-0.1, -0.05) is 18.2 Å². The van der Waals surface area contributed by atoms with Crippen LogP contribution in [0.1, 0.15) is 0 Å². The van der Waals surface area contributed by atoms with Crippen molar-refractivity contribution < 1.29 is 9.20 Å². The van der Waals surface area contributed by atoms with Crippen LogP contribution in [0.5, 0.6) is 0 Å². The average molecular weight is 198 g/mol. The number of benzene rings is 1. The number of aromatic nitrogens is 2. The third-order valence-corrected chi connectivity index (χ3v) is 1.93. The monoisotopic (exact) mass is 197 g/mol. The van der Waals surface area contributed by atoms with E-state index in [9.17, 15) is 4.79 Å². The van der Waals surface area contributed by atoms with Crippen molar-refractivity contribution in [2.45, 2.75) is 0 Å². The zero-order valence-corrected chi connectivity index (χ0v) is 7.28. The molecule has 1 N–H and O–H groups in total. The Morgan fingerprint density at radius 2 is 2.00 bits per heavy atom. The molecule has 0 fully saturated rings. The molecule has 0 saturated heterocycles. The number of hydrogen-bond donors (Lipinski definition) is 1. The van der Waals surface area contributed by atoms with E-state index >= 15 is 0 Å². The van der Waals surface area contributed by atoms with Gasteiger partial charge in [0.1, 0.15) is 0 Å². The van der Waals surface area contributed by atoms with Gasteiger partial charge in [0.05, 0.1) is 0 Å². The lowest BCUT2D eigenvalue weighted by Crippen LogP contribution is -2.34. The van der Waals surface area contributed by atoms with E-state index in [-0.39, 0.29) is 5.15 Å². The van der Waals surface area contributed by atoms with Gasteiger partial charge in [-0.2, -0.15) is 0 Å². The predicted octanol–water partition coefficient (Wildman–Crippen LogP) is 0.898. The lowest BCUT2D eigenvalue weighted by molar-refractivity contribution is -0.668. The van der Waals surface area contributed by atoms with Crippen molar-refractivity contribution in [1.29, 1.82) is 0 Å². The first-order valence-electron chi connectivity index (χ1n) is 3.63. The molecule has 0 radical (unpaired) electrons. The van der Waals surface area contributed by atoms with E-state index in [2.05, 4.69) is 9.79 Å². The van der Waals surface area contributed by atoms with Crippen LogP contribution in [0, 0.1) is 0 Å². The van der Waals surface area contributed by atoms with Crippen LogP contribution in [-0.2, 0) is 0 Å². The molecule has 4 nitrogen and oxygen atoms in total. The molecular weight excluding hydrogens is 192 g/mol. The summed E-state index contributed by atoms with van der Waals surface area (Å²) in [6, 6.07) is 9.15. The van der Waals surface area contributed by atoms with Crippen molar-refractivity contribution in [2.75, 3.05) is 0 Å². The summed E-state index contributed by atoms with van der Waals surface area (Å²) in [6.07, 6.45) is 0. The zero-order valence-electron chi connectivity index (χ0n) is 6.53. The number of nitrogens with zero attached hydrogens (tertiary/aromatic N) is 1. The van der Waals surface area contributed by atoms with E-state index in [0.29, 0.717) is 0 Å².